The number of halogens is 2. The van der Waals surface area contributed by atoms with E-state index in [1.165, 1.54) is 13.8 Å². The average molecular weight is 348 g/mol. The molecule has 6 nitrogen and oxygen atoms in total. The van der Waals surface area contributed by atoms with E-state index < -0.39 is 41.1 Å². The highest BCUT2D eigenvalue weighted by atomic mass is 32.2. The monoisotopic (exact) mass is 348 g/mol. The molecule has 0 aromatic carbocycles. The van der Waals surface area contributed by atoms with Crippen molar-refractivity contribution in [3.8, 4) is 0 Å². The number of nitrogens with zero attached hydrogens (tertiary/aromatic N) is 1. The summed E-state index contributed by atoms with van der Waals surface area (Å²) in [6, 6.07) is 0. The van der Waals surface area contributed by atoms with Gasteiger partial charge >= 0.3 is 0 Å². The van der Waals surface area contributed by atoms with E-state index in [1.807, 2.05) is 0 Å². The highest BCUT2D eigenvalue weighted by Crippen LogP contribution is 2.24. The molecule has 0 atom stereocenters. The van der Waals surface area contributed by atoms with Gasteiger partial charge in [-0.15, -0.1) is 11.3 Å². The lowest BCUT2D eigenvalue weighted by Crippen LogP contribution is -2.43. The maximum absolute atomic E-state index is 12.4. The summed E-state index contributed by atoms with van der Waals surface area (Å²) in [6.07, 6.45) is -1.87. The Morgan fingerprint density at radius 3 is 2.30 bits per heavy atom. The molecule has 1 N–H and O–H groups in total. The third kappa shape index (κ3) is 3.93. The number of hydrogen-bond donors (Lipinski definition) is 1. The van der Waals surface area contributed by atoms with Gasteiger partial charge in [0.1, 0.15) is 0 Å². The molecule has 0 spiro atoms. The SMILES string of the molecule is CC(C)(CNS(=O)(=O)c1csc(C(F)F)n1)S(C)(=O)=O. The molecular weight excluding hydrogens is 334 g/mol. The summed E-state index contributed by atoms with van der Waals surface area (Å²) in [5, 5.41) is -0.160. The number of aromatic nitrogens is 1. The lowest BCUT2D eigenvalue weighted by molar-refractivity contribution is 0.150. The minimum absolute atomic E-state index is 0.379. The van der Waals surface area contributed by atoms with Crippen molar-refractivity contribution < 1.29 is 25.6 Å². The van der Waals surface area contributed by atoms with E-state index in [0.717, 1.165) is 11.6 Å². The van der Waals surface area contributed by atoms with E-state index in [-0.39, 0.29) is 6.54 Å². The van der Waals surface area contributed by atoms with Crippen LogP contribution < -0.4 is 4.72 Å². The van der Waals surface area contributed by atoms with E-state index in [4.69, 9.17) is 0 Å². The molecule has 0 fully saturated rings. The van der Waals surface area contributed by atoms with Gasteiger partial charge in [-0.2, -0.15) is 0 Å². The number of thiazole rings is 1. The molecule has 0 aliphatic carbocycles. The van der Waals surface area contributed by atoms with Crippen LogP contribution in [0.15, 0.2) is 10.4 Å². The van der Waals surface area contributed by atoms with Gasteiger partial charge in [-0.25, -0.2) is 35.3 Å². The second kappa shape index (κ2) is 5.62. The number of alkyl halides is 2. The predicted octanol–water partition coefficient (Wildman–Crippen LogP) is 1.18. The quantitative estimate of drug-likeness (QED) is 0.833. The smallest absolute Gasteiger partial charge is 0.229 e. The maximum atomic E-state index is 12.4. The molecule has 0 saturated carbocycles. The van der Waals surface area contributed by atoms with Gasteiger partial charge in [-0.1, -0.05) is 0 Å². The Hall–Kier alpha value is -0.650. The minimum Gasteiger partial charge on any atom is -0.229 e. The first kappa shape index (κ1) is 17.4. The summed E-state index contributed by atoms with van der Waals surface area (Å²) < 4.78 is 72.0. The highest BCUT2D eigenvalue weighted by Gasteiger charge is 2.32. The van der Waals surface area contributed by atoms with E-state index in [0.29, 0.717) is 11.3 Å². The van der Waals surface area contributed by atoms with Gasteiger partial charge in [0.25, 0.3) is 16.4 Å². The lowest BCUT2D eigenvalue weighted by atomic mass is 10.2. The van der Waals surface area contributed by atoms with E-state index in [2.05, 4.69) is 9.71 Å². The summed E-state index contributed by atoms with van der Waals surface area (Å²) in [7, 11) is -7.59. The van der Waals surface area contributed by atoms with Gasteiger partial charge in [-0.3, -0.25) is 0 Å². The summed E-state index contributed by atoms with van der Waals surface area (Å²) >= 11 is 0.525. The van der Waals surface area contributed by atoms with E-state index in [1.54, 1.807) is 0 Å². The minimum atomic E-state index is -4.11. The molecule has 1 aromatic rings. The molecule has 0 unspecified atom stereocenters. The van der Waals surface area contributed by atoms with Gasteiger partial charge in [-0.05, 0) is 13.8 Å². The van der Waals surface area contributed by atoms with Crippen molar-refractivity contribution in [1.29, 1.82) is 0 Å². The molecule has 11 heteroatoms. The Morgan fingerprint density at radius 2 is 1.90 bits per heavy atom. The first-order valence-corrected chi connectivity index (χ1v) is 9.55. The van der Waals surface area contributed by atoms with E-state index >= 15 is 0 Å². The Bertz CT molecular complexity index is 680. The van der Waals surface area contributed by atoms with Crippen molar-refractivity contribution in [2.75, 3.05) is 12.8 Å². The fraction of sp³-hybridized carbons (Fsp3) is 0.667. The second-order valence-corrected chi connectivity index (χ2v) is 9.93. The van der Waals surface area contributed by atoms with Gasteiger partial charge in [0.05, 0.1) is 4.75 Å². The zero-order valence-corrected chi connectivity index (χ0v) is 13.4. The first-order valence-electron chi connectivity index (χ1n) is 5.30. The summed E-state index contributed by atoms with van der Waals surface area (Å²) in [4.78, 5) is 3.31. The maximum Gasteiger partial charge on any atom is 0.289 e. The van der Waals surface area contributed by atoms with Gasteiger partial charge < -0.3 is 0 Å². The third-order valence-electron chi connectivity index (χ3n) is 2.65. The number of sulfonamides is 1. The Kier molecular flexibility index (Phi) is 4.89. The molecular formula is C9H14F2N2O4S3. The average Bonchev–Trinajstić information content (AvgIpc) is 2.75. The summed E-state index contributed by atoms with van der Waals surface area (Å²) in [6.45, 7) is 2.34. The Labute approximate surface area is 120 Å². The molecule has 0 amide bonds. The van der Waals surface area contributed by atoms with Crippen molar-refractivity contribution in [2.24, 2.45) is 0 Å². The summed E-state index contributed by atoms with van der Waals surface area (Å²) in [5.41, 5.74) is 0. The zero-order chi connectivity index (χ0) is 15.8. The molecule has 116 valence electrons. The molecule has 1 aromatic heterocycles. The van der Waals surface area contributed by atoms with Crippen LogP contribution in [-0.4, -0.2) is 39.4 Å². The van der Waals surface area contributed by atoms with Crippen molar-refractivity contribution in [1.82, 2.24) is 9.71 Å². The number of sulfone groups is 1. The number of nitrogens with one attached hydrogen (secondary N) is 1. The van der Waals surface area contributed by atoms with Crippen LogP contribution in [0.4, 0.5) is 8.78 Å². The van der Waals surface area contributed by atoms with Crippen LogP contribution in [0.5, 0.6) is 0 Å². The van der Waals surface area contributed by atoms with Gasteiger partial charge in [0.15, 0.2) is 19.9 Å². The second-order valence-electron chi connectivity index (χ2n) is 4.68. The van der Waals surface area contributed by atoms with Crippen LogP contribution in [0, 0.1) is 0 Å². The molecule has 0 radical (unpaired) electrons. The number of rotatable bonds is 6. The zero-order valence-electron chi connectivity index (χ0n) is 10.9. The molecule has 1 heterocycles. The standard InChI is InChI=1S/C9H14F2N2O4S3/c1-9(2,19(3,14)15)5-12-20(16,17)6-4-18-8(13-6)7(10)11/h4,7,12H,5H2,1-3H3. The Balaban J connectivity index is 2.91. The summed E-state index contributed by atoms with van der Waals surface area (Å²) in [5.74, 6) is 0. The predicted molar refractivity (Wildman–Crippen MR) is 71.2 cm³/mol. The van der Waals surface area contributed by atoms with E-state index in [9.17, 15) is 25.6 Å². The number of hydrogen-bond acceptors (Lipinski definition) is 6. The molecule has 20 heavy (non-hydrogen) atoms. The van der Waals surface area contributed by atoms with Gasteiger partial charge in [0.2, 0.25) is 0 Å². The third-order valence-corrected chi connectivity index (χ3v) is 7.09. The van der Waals surface area contributed by atoms with Crippen molar-refractivity contribution in [3.05, 3.63) is 10.4 Å². The fourth-order valence-corrected chi connectivity index (χ4v) is 3.55. The highest BCUT2D eigenvalue weighted by molar-refractivity contribution is 7.92. The lowest BCUT2D eigenvalue weighted by Gasteiger charge is -2.22. The fourth-order valence-electron chi connectivity index (χ4n) is 0.970. The van der Waals surface area contributed by atoms with Crippen molar-refractivity contribution in [3.63, 3.8) is 0 Å². The van der Waals surface area contributed by atoms with Crippen LogP contribution >= 0.6 is 11.3 Å². The largest absolute Gasteiger partial charge is 0.289 e. The first-order chi connectivity index (χ1) is 8.87. The molecule has 1 rings (SSSR count). The van der Waals surface area contributed by atoms with Crippen molar-refractivity contribution >= 4 is 31.2 Å². The Morgan fingerprint density at radius 1 is 1.35 bits per heavy atom. The topological polar surface area (TPSA) is 93.2 Å². The van der Waals surface area contributed by atoms with Crippen LogP contribution in [0.2, 0.25) is 0 Å². The molecule has 0 aliphatic rings. The molecule has 0 bridgehead atoms. The molecule has 0 saturated heterocycles. The van der Waals surface area contributed by atoms with Crippen molar-refractivity contribution in [2.45, 2.75) is 30.0 Å². The van der Waals surface area contributed by atoms with Crippen LogP contribution in [-0.2, 0) is 19.9 Å². The van der Waals surface area contributed by atoms with Crippen LogP contribution in [0.1, 0.15) is 25.3 Å². The van der Waals surface area contributed by atoms with Crippen LogP contribution in [0.25, 0.3) is 0 Å². The normalized spacial score (nSPS) is 13.9. The van der Waals surface area contributed by atoms with Crippen LogP contribution in [0.3, 0.4) is 0 Å². The van der Waals surface area contributed by atoms with Gasteiger partial charge in [0, 0.05) is 18.2 Å². The molecule has 0 aliphatic heterocycles.